The lowest BCUT2D eigenvalue weighted by Crippen LogP contribution is -2.49. The van der Waals surface area contributed by atoms with Crippen molar-refractivity contribution in [1.82, 2.24) is 23.8 Å². The molecule has 34 heavy (non-hydrogen) atoms. The van der Waals surface area contributed by atoms with Crippen molar-refractivity contribution < 1.29 is 17.7 Å². The molecule has 0 aliphatic carbocycles. The maximum atomic E-state index is 12.9. The van der Waals surface area contributed by atoms with Crippen LogP contribution in [0, 0.1) is 6.92 Å². The molecule has 4 heterocycles. The van der Waals surface area contributed by atoms with Crippen molar-refractivity contribution in [3.05, 3.63) is 65.9 Å². The van der Waals surface area contributed by atoms with E-state index < -0.39 is 10.0 Å². The second-order valence-corrected chi connectivity index (χ2v) is 10.4. The molecule has 0 bridgehead atoms. The van der Waals surface area contributed by atoms with Crippen LogP contribution in [-0.2, 0) is 10.0 Å². The summed E-state index contributed by atoms with van der Waals surface area (Å²) in [6, 6.07) is 11.1. The smallest absolute Gasteiger partial charge is 0.274 e. The molecule has 0 radical (unpaired) electrons. The van der Waals surface area contributed by atoms with Gasteiger partial charge in [-0.3, -0.25) is 9.20 Å². The molecule has 1 aliphatic heterocycles. The van der Waals surface area contributed by atoms with Crippen molar-refractivity contribution in [3.8, 4) is 11.4 Å². The highest BCUT2D eigenvalue weighted by molar-refractivity contribution is 7.89. The van der Waals surface area contributed by atoms with E-state index in [4.69, 9.17) is 4.52 Å². The average Bonchev–Trinajstić information content (AvgIpc) is 3.41. The molecule has 1 aromatic carbocycles. The number of rotatable bonds is 7. The molecule has 1 amide bonds. The minimum atomic E-state index is -3.22. The van der Waals surface area contributed by atoms with E-state index in [9.17, 15) is 13.2 Å². The fourth-order valence-corrected chi connectivity index (χ4v) is 5.50. The van der Waals surface area contributed by atoms with E-state index in [1.165, 1.54) is 10.5 Å². The molecular formula is C23H24N6O4S. The Morgan fingerprint density at radius 2 is 2.06 bits per heavy atom. The lowest BCUT2D eigenvalue weighted by molar-refractivity contribution is 0.102. The van der Waals surface area contributed by atoms with Gasteiger partial charge in [0.15, 0.2) is 0 Å². The van der Waals surface area contributed by atoms with Crippen LogP contribution in [0.25, 0.3) is 17.0 Å². The van der Waals surface area contributed by atoms with E-state index in [1.54, 1.807) is 16.7 Å². The van der Waals surface area contributed by atoms with Crippen LogP contribution in [0.15, 0.2) is 53.3 Å². The first kappa shape index (κ1) is 22.2. The lowest BCUT2D eigenvalue weighted by atomic mass is 10.0. The van der Waals surface area contributed by atoms with Crippen LogP contribution in [0.1, 0.15) is 41.2 Å². The van der Waals surface area contributed by atoms with Gasteiger partial charge in [-0.25, -0.2) is 17.7 Å². The summed E-state index contributed by atoms with van der Waals surface area (Å²) < 4.78 is 32.9. The summed E-state index contributed by atoms with van der Waals surface area (Å²) in [4.78, 5) is 21.7. The van der Waals surface area contributed by atoms with E-state index in [0.717, 1.165) is 5.56 Å². The number of carbonyl (C=O) groups excluding carboxylic acids is 1. The highest BCUT2D eigenvalue weighted by atomic mass is 32.2. The van der Waals surface area contributed by atoms with Crippen molar-refractivity contribution in [3.63, 3.8) is 0 Å². The number of fused-ring (bicyclic) bond motifs is 1. The first-order valence-corrected chi connectivity index (χ1v) is 12.6. The van der Waals surface area contributed by atoms with Gasteiger partial charge in [0.2, 0.25) is 21.7 Å². The highest BCUT2D eigenvalue weighted by Crippen LogP contribution is 2.31. The van der Waals surface area contributed by atoms with Crippen LogP contribution in [0.5, 0.6) is 0 Å². The SMILES string of the molecule is CCCS(=O)(=O)N1CC(c2nc(-c3ccc(C)c(NC(=O)c4cnc5ccccn45)c3)no2)C1. The van der Waals surface area contributed by atoms with Crippen LogP contribution in [0.4, 0.5) is 5.69 Å². The standard InChI is InChI=1S/C23H24N6O4S/c1-3-10-34(31,32)28-13-17(14-28)23-26-21(27-33-23)16-8-7-15(2)18(11-16)25-22(30)19-12-24-20-6-4-5-9-29(19)20/h4-9,11-12,17H,3,10,13-14H2,1-2H3,(H,25,30). The zero-order valence-electron chi connectivity index (χ0n) is 18.8. The van der Waals surface area contributed by atoms with Crippen molar-refractivity contribution in [1.29, 1.82) is 0 Å². The molecule has 1 saturated heterocycles. The van der Waals surface area contributed by atoms with Gasteiger partial charge < -0.3 is 9.84 Å². The molecule has 1 fully saturated rings. The number of aromatic nitrogens is 4. The summed E-state index contributed by atoms with van der Waals surface area (Å²) in [6.07, 6.45) is 3.91. The second kappa shape index (κ2) is 8.65. The quantitative estimate of drug-likeness (QED) is 0.431. The molecule has 176 valence electrons. The van der Waals surface area contributed by atoms with Gasteiger partial charge in [0, 0.05) is 30.5 Å². The molecule has 0 saturated carbocycles. The fraction of sp³-hybridized carbons (Fsp3) is 0.304. The highest BCUT2D eigenvalue weighted by Gasteiger charge is 2.39. The third kappa shape index (κ3) is 4.08. The van der Waals surface area contributed by atoms with Gasteiger partial charge in [0.1, 0.15) is 11.3 Å². The van der Waals surface area contributed by atoms with Gasteiger partial charge in [-0.1, -0.05) is 30.3 Å². The molecule has 0 unspecified atom stereocenters. The minimum absolute atomic E-state index is 0.118. The molecule has 3 aromatic heterocycles. The molecule has 10 nitrogen and oxygen atoms in total. The number of pyridine rings is 1. The number of imidazole rings is 1. The second-order valence-electron chi connectivity index (χ2n) is 8.34. The first-order valence-electron chi connectivity index (χ1n) is 11.0. The number of benzene rings is 1. The van der Waals surface area contributed by atoms with Gasteiger partial charge in [-0.2, -0.15) is 4.98 Å². The topological polar surface area (TPSA) is 123 Å². The number of hydrogen-bond acceptors (Lipinski definition) is 7. The summed E-state index contributed by atoms with van der Waals surface area (Å²) in [5.41, 5.74) is 3.30. The van der Waals surface area contributed by atoms with E-state index in [1.807, 2.05) is 44.2 Å². The third-order valence-corrected chi connectivity index (χ3v) is 7.90. The van der Waals surface area contributed by atoms with Gasteiger partial charge in [0.25, 0.3) is 5.91 Å². The van der Waals surface area contributed by atoms with E-state index in [0.29, 0.717) is 53.8 Å². The Labute approximate surface area is 196 Å². The third-order valence-electron chi connectivity index (χ3n) is 5.89. The van der Waals surface area contributed by atoms with Gasteiger partial charge >= 0.3 is 0 Å². The van der Waals surface area contributed by atoms with Crippen molar-refractivity contribution >= 4 is 27.3 Å². The Morgan fingerprint density at radius 3 is 2.85 bits per heavy atom. The number of aryl methyl sites for hydroxylation is 1. The molecule has 4 aromatic rings. The molecule has 1 aliphatic rings. The molecule has 0 atom stereocenters. The van der Waals surface area contributed by atoms with Gasteiger partial charge in [0.05, 0.1) is 17.9 Å². The number of anilines is 1. The van der Waals surface area contributed by atoms with Crippen molar-refractivity contribution in [2.75, 3.05) is 24.2 Å². The Bertz CT molecular complexity index is 1470. The predicted octanol–water partition coefficient (Wildman–Crippen LogP) is 3.08. The van der Waals surface area contributed by atoms with Gasteiger partial charge in [-0.05, 0) is 37.1 Å². The predicted molar refractivity (Wildman–Crippen MR) is 126 cm³/mol. The van der Waals surface area contributed by atoms with Crippen molar-refractivity contribution in [2.45, 2.75) is 26.2 Å². The molecular weight excluding hydrogens is 456 g/mol. The molecule has 1 N–H and O–H groups in total. The van der Waals surface area contributed by atoms with Crippen LogP contribution in [0.2, 0.25) is 0 Å². The molecule has 5 rings (SSSR count). The van der Waals surface area contributed by atoms with Crippen molar-refractivity contribution in [2.24, 2.45) is 0 Å². The largest absolute Gasteiger partial charge is 0.339 e. The summed E-state index contributed by atoms with van der Waals surface area (Å²) in [5, 5.41) is 7.01. The number of nitrogens with one attached hydrogen (secondary N) is 1. The number of hydrogen-bond donors (Lipinski definition) is 1. The zero-order chi connectivity index (χ0) is 23.9. The summed E-state index contributed by atoms with van der Waals surface area (Å²) in [7, 11) is -3.22. The first-order chi connectivity index (χ1) is 16.4. The Morgan fingerprint density at radius 1 is 1.24 bits per heavy atom. The maximum Gasteiger partial charge on any atom is 0.274 e. The summed E-state index contributed by atoms with van der Waals surface area (Å²) in [5.74, 6) is 0.537. The van der Waals surface area contributed by atoms with E-state index in [-0.39, 0.29) is 17.6 Å². The summed E-state index contributed by atoms with van der Waals surface area (Å²) in [6.45, 7) is 4.43. The normalized spacial score (nSPS) is 14.9. The number of nitrogens with zero attached hydrogens (tertiary/aromatic N) is 5. The average molecular weight is 481 g/mol. The number of amides is 1. The van der Waals surface area contributed by atoms with E-state index >= 15 is 0 Å². The lowest BCUT2D eigenvalue weighted by Gasteiger charge is -2.35. The molecule has 0 spiro atoms. The van der Waals surface area contributed by atoms with Gasteiger partial charge in [-0.15, -0.1) is 0 Å². The minimum Gasteiger partial charge on any atom is -0.339 e. The Kier molecular flexibility index (Phi) is 5.66. The Hall–Kier alpha value is -3.57. The monoisotopic (exact) mass is 480 g/mol. The van der Waals surface area contributed by atoms with Crippen LogP contribution >= 0.6 is 0 Å². The van der Waals surface area contributed by atoms with Crippen LogP contribution in [-0.4, -0.2) is 57.0 Å². The zero-order valence-corrected chi connectivity index (χ0v) is 19.6. The fourth-order valence-electron chi connectivity index (χ4n) is 3.91. The maximum absolute atomic E-state index is 12.9. The Balaban J connectivity index is 1.32. The number of sulfonamides is 1. The molecule has 11 heteroatoms. The van der Waals surface area contributed by atoms with Crippen LogP contribution in [0.3, 0.4) is 0 Å². The number of carbonyl (C=O) groups is 1. The van der Waals surface area contributed by atoms with E-state index in [2.05, 4.69) is 20.4 Å². The van der Waals surface area contributed by atoms with Crippen LogP contribution < -0.4 is 5.32 Å². The summed E-state index contributed by atoms with van der Waals surface area (Å²) >= 11 is 0.